The fourth-order valence-corrected chi connectivity index (χ4v) is 2.42. The van der Waals surface area contributed by atoms with Gasteiger partial charge in [0.25, 0.3) is 0 Å². The monoisotopic (exact) mass is 262 g/mol. The number of aliphatic carboxylic acids is 1. The van der Waals surface area contributed by atoms with E-state index in [1.54, 1.807) is 6.92 Å². The number of carboxylic acids is 1. The fraction of sp³-hybridized carbons (Fsp3) is 0.429. The molecule has 1 aromatic rings. The number of carbonyl (C=O) groups excluding carboxylic acids is 1. The first-order valence-corrected chi connectivity index (χ1v) is 6.40. The molecule has 1 atom stereocenters. The van der Waals surface area contributed by atoms with E-state index in [2.05, 4.69) is 22.8 Å². The highest BCUT2D eigenvalue weighted by Gasteiger charge is 2.22. The van der Waals surface area contributed by atoms with Gasteiger partial charge in [-0.3, -0.25) is 4.79 Å². The van der Waals surface area contributed by atoms with Gasteiger partial charge in [-0.1, -0.05) is 24.3 Å². The van der Waals surface area contributed by atoms with E-state index in [1.165, 1.54) is 11.1 Å². The topological polar surface area (TPSA) is 78.4 Å². The van der Waals surface area contributed by atoms with Crippen molar-refractivity contribution in [3.8, 4) is 0 Å². The minimum atomic E-state index is -0.916. The quantitative estimate of drug-likeness (QED) is 0.765. The summed E-state index contributed by atoms with van der Waals surface area (Å²) in [4.78, 5) is 22.2. The molecule has 102 valence electrons. The maximum atomic E-state index is 11.7. The highest BCUT2D eigenvalue weighted by atomic mass is 16.4. The minimum absolute atomic E-state index is 0.0711. The van der Waals surface area contributed by atoms with Gasteiger partial charge in [0.05, 0.1) is 6.42 Å². The maximum Gasteiger partial charge on any atom is 0.315 e. The van der Waals surface area contributed by atoms with Crippen LogP contribution in [0.1, 0.15) is 24.5 Å². The molecule has 1 unspecified atom stereocenters. The molecular formula is C14H18N2O3. The SMILES string of the molecule is CC(CC(=O)O)NC(=O)NC1Cc2ccccc2C1. The third-order valence-electron chi connectivity index (χ3n) is 3.24. The molecule has 2 amide bonds. The molecule has 0 saturated carbocycles. The number of rotatable bonds is 4. The molecule has 1 aliphatic rings. The molecule has 0 heterocycles. The van der Waals surface area contributed by atoms with E-state index in [0.717, 1.165) is 12.8 Å². The molecule has 0 bridgehead atoms. The Kier molecular flexibility index (Phi) is 4.04. The van der Waals surface area contributed by atoms with Crippen molar-refractivity contribution in [2.24, 2.45) is 0 Å². The largest absolute Gasteiger partial charge is 0.481 e. The Balaban J connectivity index is 1.80. The van der Waals surface area contributed by atoms with Crippen LogP contribution in [0, 0.1) is 0 Å². The lowest BCUT2D eigenvalue weighted by Gasteiger charge is -2.16. The normalized spacial score (nSPS) is 15.6. The summed E-state index contributed by atoms with van der Waals surface area (Å²) in [5.41, 5.74) is 2.54. The number of carbonyl (C=O) groups is 2. The first kappa shape index (κ1) is 13.4. The zero-order chi connectivity index (χ0) is 13.8. The van der Waals surface area contributed by atoms with Crippen molar-refractivity contribution in [1.29, 1.82) is 0 Å². The first-order chi connectivity index (χ1) is 9.04. The number of hydrogen-bond acceptors (Lipinski definition) is 2. The third-order valence-corrected chi connectivity index (χ3v) is 3.24. The van der Waals surface area contributed by atoms with Crippen molar-refractivity contribution < 1.29 is 14.7 Å². The molecule has 0 aromatic heterocycles. The van der Waals surface area contributed by atoms with E-state index in [0.29, 0.717) is 0 Å². The summed E-state index contributed by atoms with van der Waals surface area (Å²) in [6, 6.07) is 7.55. The molecule has 3 N–H and O–H groups in total. The highest BCUT2D eigenvalue weighted by molar-refractivity contribution is 5.76. The Labute approximate surface area is 112 Å². The maximum absolute atomic E-state index is 11.7. The van der Waals surface area contributed by atoms with Crippen molar-refractivity contribution in [3.63, 3.8) is 0 Å². The predicted molar refractivity (Wildman–Crippen MR) is 71.0 cm³/mol. The van der Waals surface area contributed by atoms with Crippen LogP contribution in [0.25, 0.3) is 0 Å². The van der Waals surface area contributed by atoms with Crippen LogP contribution >= 0.6 is 0 Å². The van der Waals surface area contributed by atoms with Gasteiger partial charge in [-0.25, -0.2) is 4.79 Å². The van der Waals surface area contributed by atoms with Gasteiger partial charge in [0.15, 0.2) is 0 Å². The molecule has 2 rings (SSSR count). The lowest BCUT2D eigenvalue weighted by molar-refractivity contribution is -0.137. The van der Waals surface area contributed by atoms with Gasteiger partial charge in [-0.2, -0.15) is 0 Å². The van der Waals surface area contributed by atoms with Crippen molar-refractivity contribution in [2.45, 2.75) is 38.3 Å². The van der Waals surface area contributed by atoms with Crippen LogP contribution in [0.5, 0.6) is 0 Å². The van der Waals surface area contributed by atoms with E-state index in [1.807, 2.05) is 12.1 Å². The smallest absolute Gasteiger partial charge is 0.315 e. The van der Waals surface area contributed by atoms with Crippen molar-refractivity contribution in [2.75, 3.05) is 0 Å². The van der Waals surface area contributed by atoms with E-state index < -0.39 is 5.97 Å². The van der Waals surface area contributed by atoms with Gasteiger partial charge in [0.1, 0.15) is 0 Å². The van der Waals surface area contributed by atoms with Gasteiger partial charge in [-0.05, 0) is 30.9 Å². The second-order valence-corrected chi connectivity index (χ2v) is 4.99. The standard InChI is InChI=1S/C14H18N2O3/c1-9(6-13(17)18)15-14(19)16-12-7-10-4-2-3-5-11(10)8-12/h2-5,9,12H,6-8H2,1H3,(H,17,18)(H2,15,16,19). The summed E-state index contributed by atoms with van der Waals surface area (Å²) in [7, 11) is 0. The molecule has 19 heavy (non-hydrogen) atoms. The Morgan fingerprint density at radius 3 is 2.42 bits per heavy atom. The first-order valence-electron chi connectivity index (χ1n) is 6.40. The van der Waals surface area contributed by atoms with Crippen molar-refractivity contribution in [3.05, 3.63) is 35.4 Å². The molecule has 0 spiro atoms. The van der Waals surface area contributed by atoms with Crippen LogP contribution in [-0.4, -0.2) is 29.2 Å². The Morgan fingerprint density at radius 2 is 1.89 bits per heavy atom. The predicted octanol–water partition coefficient (Wildman–Crippen LogP) is 1.32. The van der Waals surface area contributed by atoms with Crippen LogP contribution in [-0.2, 0) is 17.6 Å². The summed E-state index contributed by atoms with van der Waals surface area (Å²) >= 11 is 0. The minimum Gasteiger partial charge on any atom is -0.481 e. The molecule has 5 heteroatoms. The number of fused-ring (bicyclic) bond motifs is 1. The lowest BCUT2D eigenvalue weighted by Crippen LogP contribution is -2.46. The van der Waals surface area contributed by atoms with Gasteiger partial charge < -0.3 is 15.7 Å². The molecule has 5 nitrogen and oxygen atoms in total. The third kappa shape index (κ3) is 3.71. The number of hydrogen-bond donors (Lipinski definition) is 3. The average Bonchev–Trinajstić information content (AvgIpc) is 2.68. The van der Waals surface area contributed by atoms with Crippen LogP contribution in [0.15, 0.2) is 24.3 Å². The molecule has 1 aromatic carbocycles. The van der Waals surface area contributed by atoms with Gasteiger partial charge >= 0.3 is 12.0 Å². The van der Waals surface area contributed by atoms with E-state index in [-0.39, 0.29) is 24.5 Å². The average molecular weight is 262 g/mol. The van der Waals surface area contributed by atoms with Crippen molar-refractivity contribution >= 4 is 12.0 Å². The molecule has 0 saturated heterocycles. The summed E-state index contributed by atoms with van der Waals surface area (Å²) < 4.78 is 0. The number of nitrogens with one attached hydrogen (secondary N) is 2. The molecule has 1 aliphatic carbocycles. The number of benzene rings is 1. The fourth-order valence-electron chi connectivity index (χ4n) is 2.42. The highest BCUT2D eigenvalue weighted by Crippen LogP contribution is 2.21. The zero-order valence-corrected chi connectivity index (χ0v) is 10.8. The van der Waals surface area contributed by atoms with Crippen LogP contribution in [0.4, 0.5) is 4.79 Å². The van der Waals surface area contributed by atoms with Crippen LogP contribution < -0.4 is 10.6 Å². The Bertz CT molecular complexity index is 462. The number of carboxylic acid groups (broad SMARTS) is 1. The zero-order valence-electron chi connectivity index (χ0n) is 10.8. The van der Waals surface area contributed by atoms with Gasteiger partial charge in [0, 0.05) is 12.1 Å². The molecular weight excluding hydrogens is 244 g/mol. The Hall–Kier alpha value is -2.04. The summed E-state index contributed by atoms with van der Waals surface area (Å²) in [6.45, 7) is 1.68. The van der Waals surface area contributed by atoms with Crippen LogP contribution in [0.2, 0.25) is 0 Å². The number of amides is 2. The van der Waals surface area contributed by atoms with Crippen LogP contribution in [0.3, 0.4) is 0 Å². The summed E-state index contributed by atoms with van der Waals surface area (Å²) in [5, 5.41) is 14.1. The van der Waals surface area contributed by atoms with Crippen molar-refractivity contribution in [1.82, 2.24) is 10.6 Å². The van der Waals surface area contributed by atoms with E-state index >= 15 is 0 Å². The second kappa shape index (κ2) is 5.73. The Morgan fingerprint density at radius 1 is 1.32 bits per heavy atom. The second-order valence-electron chi connectivity index (χ2n) is 4.99. The molecule has 0 fully saturated rings. The van der Waals surface area contributed by atoms with Gasteiger partial charge in [0.2, 0.25) is 0 Å². The molecule has 0 aliphatic heterocycles. The van der Waals surface area contributed by atoms with E-state index in [9.17, 15) is 9.59 Å². The lowest BCUT2D eigenvalue weighted by atomic mass is 10.1. The summed E-state index contributed by atoms with van der Waals surface area (Å²) in [5.74, 6) is -0.916. The summed E-state index contributed by atoms with van der Waals surface area (Å²) in [6.07, 6.45) is 1.59. The number of urea groups is 1. The van der Waals surface area contributed by atoms with Gasteiger partial charge in [-0.15, -0.1) is 0 Å². The molecule has 0 radical (unpaired) electrons. The van der Waals surface area contributed by atoms with E-state index in [4.69, 9.17) is 5.11 Å².